The molecular formula is C21H25N5O5. The first-order chi connectivity index (χ1) is 15.1. The molecule has 10 nitrogen and oxygen atoms in total. The van der Waals surface area contributed by atoms with E-state index >= 15 is 0 Å². The van der Waals surface area contributed by atoms with E-state index in [-0.39, 0.29) is 11.8 Å². The number of nitrogens with zero attached hydrogens (tertiary/aromatic N) is 4. The largest absolute Gasteiger partial charge is 0.493 e. The summed E-state index contributed by atoms with van der Waals surface area (Å²) in [4.78, 5) is 19.2. The zero-order valence-corrected chi connectivity index (χ0v) is 17.8. The van der Waals surface area contributed by atoms with E-state index in [1.165, 1.54) is 0 Å². The van der Waals surface area contributed by atoms with Gasteiger partial charge >= 0.3 is 0 Å². The number of anilines is 1. The summed E-state index contributed by atoms with van der Waals surface area (Å²) in [6.45, 7) is 3.73. The molecule has 31 heavy (non-hydrogen) atoms. The highest BCUT2D eigenvalue weighted by Crippen LogP contribution is 2.31. The van der Waals surface area contributed by atoms with Gasteiger partial charge in [0.05, 0.1) is 26.7 Å². The molecule has 0 radical (unpaired) electrons. The van der Waals surface area contributed by atoms with Gasteiger partial charge in [0, 0.05) is 18.2 Å². The van der Waals surface area contributed by atoms with Gasteiger partial charge in [-0.1, -0.05) is 10.3 Å². The maximum Gasteiger partial charge on any atom is 0.241 e. The maximum absolute atomic E-state index is 12.6. The molecule has 0 spiro atoms. The van der Waals surface area contributed by atoms with Crippen molar-refractivity contribution in [2.45, 2.75) is 26.3 Å². The second kappa shape index (κ2) is 9.17. The lowest BCUT2D eigenvalue weighted by molar-refractivity contribution is -0.121. The van der Waals surface area contributed by atoms with Crippen LogP contribution in [0, 0.1) is 12.8 Å². The number of carbonyl (C=O) groups excluding carboxylic acids is 1. The monoisotopic (exact) mass is 427 g/mol. The lowest BCUT2D eigenvalue weighted by Crippen LogP contribution is -2.40. The van der Waals surface area contributed by atoms with Crippen LogP contribution in [0.2, 0.25) is 0 Å². The Morgan fingerprint density at radius 1 is 1.19 bits per heavy atom. The molecule has 0 bridgehead atoms. The van der Waals surface area contributed by atoms with Crippen LogP contribution in [0.4, 0.5) is 5.82 Å². The minimum Gasteiger partial charge on any atom is -0.493 e. The van der Waals surface area contributed by atoms with Gasteiger partial charge in [0.1, 0.15) is 5.76 Å². The van der Waals surface area contributed by atoms with Gasteiger partial charge in [-0.3, -0.25) is 9.69 Å². The molecule has 4 rings (SSSR count). The predicted molar refractivity (Wildman–Crippen MR) is 111 cm³/mol. The van der Waals surface area contributed by atoms with E-state index in [0.29, 0.717) is 47.9 Å². The number of piperidine rings is 1. The fourth-order valence-electron chi connectivity index (χ4n) is 3.67. The second-order valence-electron chi connectivity index (χ2n) is 7.47. The van der Waals surface area contributed by atoms with Crippen LogP contribution in [0.3, 0.4) is 0 Å². The number of aromatic nitrogens is 3. The van der Waals surface area contributed by atoms with E-state index in [1.54, 1.807) is 39.3 Å². The number of benzene rings is 1. The number of rotatable bonds is 7. The molecule has 1 aromatic carbocycles. The minimum absolute atomic E-state index is 0.0606. The van der Waals surface area contributed by atoms with E-state index in [0.717, 1.165) is 24.9 Å². The number of likely N-dealkylation sites (tertiary alicyclic amines) is 1. The minimum atomic E-state index is -0.140. The van der Waals surface area contributed by atoms with E-state index in [1.807, 2.05) is 6.07 Å². The topological polar surface area (TPSA) is 116 Å². The molecule has 1 N–H and O–H groups in total. The third kappa shape index (κ3) is 4.85. The average molecular weight is 427 g/mol. The number of nitrogens with one attached hydrogen (secondary N) is 1. The Balaban J connectivity index is 1.38. The Morgan fingerprint density at radius 3 is 2.77 bits per heavy atom. The third-order valence-electron chi connectivity index (χ3n) is 5.22. The van der Waals surface area contributed by atoms with Crippen molar-refractivity contribution >= 4 is 11.7 Å². The molecule has 0 unspecified atom stereocenters. The van der Waals surface area contributed by atoms with Crippen molar-refractivity contribution < 1.29 is 23.3 Å². The van der Waals surface area contributed by atoms with Gasteiger partial charge in [0.2, 0.25) is 17.6 Å². The molecule has 164 valence electrons. The van der Waals surface area contributed by atoms with Crippen LogP contribution in [-0.4, -0.2) is 53.4 Å². The number of carbonyl (C=O) groups is 1. The average Bonchev–Trinajstić information content (AvgIpc) is 3.42. The van der Waals surface area contributed by atoms with Crippen LogP contribution < -0.4 is 14.8 Å². The molecule has 1 aliphatic rings. The first-order valence-electron chi connectivity index (χ1n) is 10.1. The quantitative estimate of drug-likeness (QED) is 0.607. The summed E-state index contributed by atoms with van der Waals surface area (Å²) in [6, 6.07) is 7.16. The molecule has 1 aliphatic heterocycles. The summed E-state index contributed by atoms with van der Waals surface area (Å²) < 4.78 is 21.0. The van der Waals surface area contributed by atoms with Crippen molar-refractivity contribution in [3.8, 4) is 22.9 Å². The molecule has 3 aromatic rings. The predicted octanol–water partition coefficient (Wildman–Crippen LogP) is 2.90. The smallest absolute Gasteiger partial charge is 0.241 e. The summed E-state index contributed by atoms with van der Waals surface area (Å²) in [7, 11) is 3.17. The number of amides is 1. The number of hydrogen-bond acceptors (Lipinski definition) is 9. The number of methoxy groups -OCH3 is 2. The summed E-state index contributed by atoms with van der Waals surface area (Å²) in [6.07, 6.45) is 1.73. The summed E-state index contributed by atoms with van der Waals surface area (Å²) in [5, 5.41) is 10.7. The molecule has 0 aliphatic carbocycles. The fourth-order valence-corrected chi connectivity index (χ4v) is 3.67. The fraction of sp³-hybridized carbons (Fsp3) is 0.429. The summed E-state index contributed by atoms with van der Waals surface area (Å²) in [5.41, 5.74) is 0.770. The van der Waals surface area contributed by atoms with Crippen molar-refractivity contribution in [3.05, 3.63) is 35.9 Å². The molecule has 0 saturated carbocycles. The van der Waals surface area contributed by atoms with Gasteiger partial charge in [-0.05, 0) is 44.5 Å². The van der Waals surface area contributed by atoms with Crippen LogP contribution in [-0.2, 0) is 11.3 Å². The Kier molecular flexibility index (Phi) is 6.17. The molecule has 1 fully saturated rings. The Labute approximate surface area is 179 Å². The number of ether oxygens (including phenoxy) is 2. The van der Waals surface area contributed by atoms with Gasteiger partial charge in [-0.2, -0.15) is 4.98 Å². The Hall–Kier alpha value is -3.40. The summed E-state index contributed by atoms with van der Waals surface area (Å²) >= 11 is 0. The molecular weight excluding hydrogens is 402 g/mol. The van der Waals surface area contributed by atoms with E-state index in [9.17, 15) is 4.79 Å². The van der Waals surface area contributed by atoms with Crippen molar-refractivity contribution in [2.75, 3.05) is 32.6 Å². The Bertz CT molecular complexity index is 1050. The van der Waals surface area contributed by atoms with Gasteiger partial charge in [-0.15, -0.1) is 0 Å². The van der Waals surface area contributed by atoms with E-state index in [4.69, 9.17) is 18.5 Å². The van der Waals surface area contributed by atoms with Crippen LogP contribution in [0.25, 0.3) is 11.4 Å². The standard InChI is InChI=1S/C21H25N5O5/c1-13-9-18(24-30-13)22-21(27)15-5-4-8-26(11-15)12-19-23-20(25-31-19)14-6-7-16(28-2)17(10-14)29-3/h6-7,9-10,15H,4-5,8,11-12H2,1-3H3,(H,22,24,27)/t15-/m0/s1. The Morgan fingerprint density at radius 2 is 2.03 bits per heavy atom. The molecule has 1 amide bonds. The lowest BCUT2D eigenvalue weighted by Gasteiger charge is -2.30. The van der Waals surface area contributed by atoms with Crippen LogP contribution in [0.1, 0.15) is 24.5 Å². The number of hydrogen-bond donors (Lipinski definition) is 1. The van der Waals surface area contributed by atoms with Crippen molar-refractivity contribution in [1.82, 2.24) is 20.2 Å². The number of aryl methyl sites for hydroxylation is 1. The zero-order chi connectivity index (χ0) is 21.8. The van der Waals surface area contributed by atoms with Crippen molar-refractivity contribution in [1.29, 1.82) is 0 Å². The van der Waals surface area contributed by atoms with Crippen molar-refractivity contribution in [2.24, 2.45) is 5.92 Å². The van der Waals surface area contributed by atoms with E-state index < -0.39 is 0 Å². The van der Waals surface area contributed by atoms with Crippen LogP contribution in [0.15, 0.2) is 33.3 Å². The second-order valence-corrected chi connectivity index (χ2v) is 7.47. The highest BCUT2D eigenvalue weighted by molar-refractivity contribution is 5.91. The van der Waals surface area contributed by atoms with Gasteiger partial charge in [0.15, 0.2) is 17.3 Å². The van der Waals surface area contributed by atoms with Gasteiger partial charge < -0.3 is 23.8 Å². The molecule has 2 aromatic heterocycles. The van der Waals surface area contributed by atoms with Gasteiger partial charge in [0.25, 0.3) is 0 Å². The van der Waals surface area contributed by atoms with Gasteiger partial charge in [-0.25, -0.2) is 0 Å². The molecule has 1 atom stereocenters. The van der Waals surface area contributed by atoms with E-state index in [2.05, 4.69) is 25.5 Å². The first kappa shape index (κ1) is 20.9. The molecule has 10 heteroatoms. The highest BCUT2D eigenvalue weighted by Gasteiger charge is 2.27. The first-order valence-corrected chi connectivity index (χ1v) is 10.1. The normalized spacial score (nSPS) is 16.8. The van der Waals surface area contributed by atoms with Crippen LogP contribution >= 0.6 is 0 Å². The highest BCUT2D eigenvalue weighted by atomic mass is 16.5. The molecule has 1 saturated heterocycles. The summed E-state index contributed by atoms with van der Waals surface area (Å²) in [5.74, 6) is 3.10. The zero-order valence-electron chi connectivity index (χ0n) is 17.8. The third-order valence-corrected chi connectivity index (χ3v) is 5.22. The van der Waals surface area contributed by atoms with Crippen LogP contribution in [0.5, 0.6) is 11.5 Å². The van der Waals surface area contributed by atoms with Crippen molar-refractivity contribution in [3.63, 3.8) is 0 Å². The lowest BCUT2D eigenvalue weighted by atomic mass is 9.97. The molecule has 3 heterocycles. The SMILES string of the molecule is COc1ccc(-c2noc(CN3CCC[C@H](C(=O)Nc4cc(C)on4)C3)n2)cc1OC. The maximum atomic E-state index is 12.6.